The molecule has 0 aliphatic heterocycles. The molecule has 1 aromatic heterocycles. The van der Waals surface area contributed by atoms with Gasteiger partial charge in [-0.15, -0.1) is 0 Å². The van der Waals surface area contributed by atoms with Gasteiger partial charge in [-0.25, -0.2) is 9.97 Å². The molecule has 1 aromatic carbocycles. The van der Waals surface area contributed by atoms with Crippen molar-refractivity contribution in [3.8, 4) is 11.5 Å². The van der Waals surface area contributed by atoms with E-state index in [0.29, 0.717) is 12.0 Å². The summed E-state index contributed by atoms with van der Waals surface area (Å²) in [6.07, 6.45) is 4.59. The second kappa shape index (κ2) is 7.70. The SMILES string of the molecule is COc1ccc(CCN(C)c2cc(C3CC(N)C3)ncn2)cc1OC. The lowest BCUT2D eigenvalue weighted by Gasteiger charge is -2.32. The Morgan fingerprint density at radius 3 is 2.56 bits per heavy atom. The summed E-state index contributed by atoms with van der Waals surface area (Å²) in [5.74, 6) is 2.94. The summed E-state index contributed by atoms with van der Waals surface area (Å²) >= 11 is 0. The zero-order valence-electron chi connectivity index (χ0n) is 15.1. The number of aromatic nitrogens is 2. The predicted molar refractivity (Wildman–Crippen MR) is 98.5 cm³/mol. The van der Waals surface area contributed by atoms with E-state index in [0.717, 1.165) is 48.8 Å². The molecule has 1 aliphatic carbocycles. The summed E-state index contributed by atoms with van der Waals surface area (Å²) in [5.41, 5.74) is 8.19. The maximum absolute atomic E-state index is 5.89. The lowest BCUT2D eigenvalue weighted by molar-refractivity contribution is 0.345. The number of ether oxygens (including phenoxy) is 2. The van der Waals surface area contributed by atoms with Gasteiger partial charge in [0.1, 0.15) is 12.1 Å². The Hall–Kier alpha value is -2.34. The first-order valence-corrected chi connectivity index (χ1v) is 8.60. The average Bonchev–Trinajstić information content (AvgIpc) is 2.63. The molecular weight excluding hydrogens is 316 g/mol. The Labute approximate surface area is 149 Å². The van der Waals surface area contributed by atoms with Gasteiger partial charge < -0.3 is 20.1 Å². The molecule has 0 saturated heterocycles. The van der Waals surface area contributed by atoms with Crippen LogP contribution in [0.1, 0.15) is 30.0 Å². The molecule has 1 heterocycles. The standard InChI is InChI=1S/C19H26N4O2/c1-23(7-6-13-4-5-17(24-2)18(8-13)25-3)19-11-16(21-12-22-19)14-9-15(20)10-14/h4-5,8,11-12,14-15H,6-7,9-10,20H2,1-3H3. The van der Waals surface area contributed by atoms with Crippen molar-refractivity contribution >= 4 is 5.82 Å². The van der Waals surface area contributed by atoms with E-state index in [1.807, 2.05) is 12.1 Å². The number of methoxy groups -OCH3 is 2. The topological polar surface area (TPSA) is 73.5 Å². The van der Waals surface area contributed by atoms with Crippen LogP contribution in [0.5, 0.6) is 11.5 Å². The van der Waals surface area contributed by atoms with E-state index in [-0.39, 0.29) is 0 Å². The zero-order valence-corrected chi connectivity index (χ0v) is 15.1. The molecule has 2 N–H and O–H groups in total. The molecule has 1 saturated carbocycles. The zero-order chi connectivity index (χ0) is 17.8. The second-order valence-corrected chi connectivity index (χ2v) is 6.59. The Kier molecular flexibility index (Phi) is 5.38. The van der Waals surface area contributed by atoms with Gasteiger partial charge >= 0.3 is 0 Å². The number of hydrogen-bond acceptors (Lipinski definition) is 6. The molecule has 0 amide bonds. The molecule has 6 nitrogen and oxygen atoms in total. The summed E-state index contributed by atoms with van der Waals surface area (Å²) in [4.78, 5) is 11.0. The van der Waals surface area contributed by atoms with E-state index in [1.165, 1.54) is 5.56 Å². The third-order valence-corrected chi connectivity index (χ3v) is 4.84. The van der Waals surface area contributed by atoms with Gasteiger partial charge in [-0.2, -0.15) is 0 Å². The van der Waals surface area contributed by atoms with Gasteiger partial charge in [0, 0.05) is 37.3 Å². The van der Waals surface area contributed by atoms with Crippen molar-refractivity contribution < 1.29 is 9.47 Å². The van der Waals surface area contributed by atoms with Gasteiger partial charge in [-0.05, 0) is 37.0 Å². The highest BCUT2D eigenvalue weighted by molar-refractivity contribution is 5.44. The summed E-state index contributed by atoms with van der Waals surface area (Å²) in [5, 5.41) is 0. The lowest BCUT2D eigenvalue weighted by Crippen LogP contribution is -2.35. The highest BCUT2D eigenvalue weighted by Gasteiger charge is 2.28. The minimum Gasteiger partial charge on any atom is -0.493 e. The van der Waals surface area contributed by atoms with Gasteiger partial charge in [0.15, 0.2) is 11.5 Å². The largest absolute Gasteiger partial charge is 0.493 e. The fraction of sp³-hybridized carbons (Fsp3) is 0.474. The number of nitrogens with two attached hydrogens (primary N) is 1. The monoisotopic (exact) mass is 342 g/mol. The molecule has 3 rings (SSSR count). The molecule has 0 unspecified atom stereocenters. The van der Waals surface area contributed by atoms with Crippen molar-refractivity contribution in [2.75, 3.05) is 32.7 Å². The van der Waals surface area contributed by atoms with Crippen LogP contribution in [0.15, 0.2) is 30.6 Å². The number of likely N-dealkylation sites (N-methyl/N-ethyl adjacent to an activating group) is 1. The summed E-state index contributed by atoms with van der Waals surface area (Å²) in [6.45, 7) is 0.857. The van der Waals surface area contributed by atoms with Crippen LogP contribution >= 0.6 is 0 Å². The normalized spacial score (nSPS) is 19.2. The quantitative estimate of drug-likeness (QED) is 0.833. The van der Waals surface area contributed by atoms with Crippen LogP contribution in [0, 0.1) is 0 Å². The molecule has 0 radical (unpaired) electrons. The fourth-order valence-electron chi connectivity index (χ4n) is 3.14. The highest BCUT2D eigenvalue weighted by Crippen LogP contribution is 2.35. The maximum atomic E-state index is 5.89. The van der Waals surface area contributed by atoms with Crippen LogP contribution in [0.25, 0.3) is 0 Å². The van der Waals surface area contributed by atoms with Gasteiger partial charge in [0.25, 0.3) is 0 Å². The van der Waals surface area contributed by atoms with E-state index in [4.69, 9.17) is 15.2 Å². The van der Waals surface area contributed by atoms with Gasteiger partial charge in [-0.3, -0.25) is 0 Å². The first kappa shape index (κ1) is 17.5. The first-order valence-electron chi connectivity index (χ1n) is 8.60. The van der Waals surface area contributed by atoms with Crippen molar-refractivity contribution in [2.24, 2.45) is 5.73 Å². The van der Waals surface area contributed by atoms with Crippen molar-refractivity contribution in [2.45, 2.75) is 31.2 Å². The van der Waals surface area contributed by atoms with Crippen molar-refractivity contribution in [1.29, 1.82) is 0 Å². The molecule has 25 heavy (non-hydrogen) atoms. The van der Waals surface area contributed by atoms with Crippen LogP contribution in [0.3, 0.4) is 0 Å². The molecule has 1 fully saturated rings. The van der Waals surface area contributed by atoms with Crippen molar-refractivity contribution in [1.82, 2.24) is 9.97 Å². The maximum Gasteiger partial charge on any atom is 0.160 e. The Morgan fingerprint density at radius 2 is 1.88 bits per heavy atom. The van der Waals surface area contributed by atoms with Crippen LogP contribution in [0.2, 0.25) is 0 Å². The number of nitrogens with zero attached hydrogens (tertiary/aromatic N) is 3. The minimum absolute atomic E-state index is 0.325. The van der Waals surface area contributed by atoms with Crippen molar-refractivity contribution in [3.05, 3.63) is 41.9 Å². The molecule has 6 heteroatoms. The number of benzene rings is 1. The fourth-order valence-corrected chi connectivity index (χ4v) is 3.14. The van der Waals surface area contributed by atoms with Crippen LogP contribution in [-0.4, -0.2) is 43.8 Å². The molecule has 0 atom stereocenters. The van der Waals surface area contributed by atoms with E-state index in [1.54, 1.807) is 20.5 Å². The molecule has 2 aromatic rings. The predicted octanol–water partition coefficient (Wildman–Crippen LogP) is 2.38. The van der Waals surface area contributed by atoms with Gasteiger partial charge in [0.2, 0.25) is 0 Å². The van der Waals surface area contributed by atoms with E-state index < -0.39 is 0 Å². The molecular formula is C19H26N4O2. The highest BCUT2D eigenvalue weighted by atomic mass is 16.5. The van der Waals surface area contributed by atoms with E-state index >= 15 is 0 Å². The third kappa shape index (κ3) is 4.02. The first-order chi connectivity index (χ1) is 12.1. The lowest BCUT2D eigenvalue weighted by atomic mass is 9.78. The summed E-state index contributed by atoms with van der Waals surface area (Å²) in [6, 6.07) is 8.44. The number of anilines is 1. The Morgan fingerprint density at radius 1 is 1.12 bits per heavy atom. The Balaban J connectivity index is 1.62. The van der Waals surface area contributed by atoms with Gasteiger partial charge in [0.05, 0.1) is 14.2 Å². The van der Waals surface area contributed by atoms with E-state index in [2.05, 4.69) is 34.0 Å². The molecule has 0 bridgehead atoms. The second-order valence-electron chi connectivity index (χ2n) is 6.59. The Bertz CT molecular complexity index is 716. The van der Waals surface area contributed by atoms with Gasteiger partial charge in [-0.1, -0.05) is 6.07 Å². The minimum atomic E-state index is 0.325. The van der Waals surface area contributed by atoms with Crippen LogP contribution in [-0.2, 0) is 6.42 Å². The molecule has 1 aliphatic rings. The van der Waals surface area contributed by atoms with Crippen LogP contribution < -0.4 is 20.1 Å². The summed E-state index contributed by atoms with van der Waals surface area (Å²) < 4.78 is 10.7. The number of rotatable bonds is 7. The average molecular weight is 342 g/mol. The number of hydrogen-bond donors (Lipinski definition) is 1. The summed E-state index contributed by atoms with van der Waals surface area (Å²) in [7, 11) is 5.36. The van der Waals surface area contributed by atoms with E-state index in [9.17, 15) is 0 Å². The molecule has 0 spiro atoms. The third-order valence-electron chi connectivity index (χ3n) is 4.84. The molecule has 134 valence electrons. The van der Waals surface area contributed by atoms with Crippen molar-refractivity contribution in [3.63, 3.8) is 0 Å². The van der Waals surface area contributed by atoms with Crippen LogP contribution in [0.4, 0.5) is 5.82 Å². The smallest absolute Gasteiger partial charge is 0.160 e.